The van der Waals surface area contributed by atoms with E-state index in [-0.39, 0.29) is 6.61 Å². The van der Waals surface area contributed by atoms with E-state index < -0.39 is 0 Å². The molecule has 0 heterocycles. The van der Waals surface area contributed by atoms with Gasteiger partial charge in [-0.3, -0.25) is 0 Å². The fourth-order valence-electron chi connectivity index (χ4n) is 2.64. The van der Waals surface area contributed by atoms with Gasteiger partial charge in [0.2, 0.25) is 0 Å². The molecule has 0 unspecified atom stereocenters. The van der Waals surface area contributed by atoms with Gasteiger partial charge in [-0.1, -0.05) is 41.9 Å². The van der Waals surface area contributed by atoms with E-state index in [1.165, 1.54) is 12.8 Å². The Balaban J connectivity index is 1.98. The summed E-state index contributed by atoms with van der Waals surface area (Å²) < 4.78 is 0. The number of benzene rings is 2. The lowest BCUT2D eigenvalue weighted by atomic mass is 9.99. The molecular formula is C17H20ClN3O. The standard InChI is InChI=1S/C17H20ClN3O/c18-16-14(13-4-2-1-3-12(13)10-22)7-8-15(17(16)19)21(20)9-11-5-6-11/h1-4,7-8,11,22H,5-6,9-10,19-20H2. The topological polar surface area (TPSA) is 75.5 Å². The van der Waals surface area contributed by atoms with Crippen molar-refractivity contribution in [2.45, 2.75) is 19.4 Å². The van der Waals surface area contributed by atoms with Crippen LogP contribution in [0.5, 0.6) is 0 Å². The van der Waals surface area contributed by atoms with Gasteiger partial charge >= 0.3 is 0 Å². The number of nitrogens with zero attached hydrogens (tertiary/aromatic N) is 1. The van der Waals surface area contributed by atoms with Crippen LogP contribution in [0, 0.1) is 5.92 Å². The molecule has 1 saturated carbocycles. The summed E-state index contributed by atoms with van der Waals surface area (Å²) in [6, 6.07) is 11.4. The predicted molar refractivity (Wildman–Crippen MR) is 91.5 cm³/mol. The Hall–Kier alpha value is -1.75. The molecule has 0 aliphatic heterocycles. The summed E-state index contributed by atoms with van der Waals surface area (Å²) in [5.74, 6) is 6.77. The molecule has 0 amide bonds. The Morgan fingerprint density at radius 1 is 1.14 bits per heavy atom. The molecule has 4 nitrogen and oxygen atoms in total. The summed E-state index contributed by atoms with van der Waals surface area (Å²) in [5, 5.41) is 11.6. The minimum absolute atomic E-state index is 0.0428. The first kappa shape index (κ1) is 15.2. The van der Waals surface area contributed by atoms with E-state index in [1.807, 2.05) is 36.4 Å². The highest BCUT2D eigenvalue weighted by atomic mass is 35.5. The number of halogens is 1. The van der Waals surface area contributed by atoms with Gasteiger partial charge in [0.15, 0.2) is 0 Å². The van der Waals surface area contributed by atoms with E-state index in [1.54, 1.807) is 5.01 Å². The Kier molecular flexibility index (Phi) is 4.25. The normalized spacial score (nSPS) is 14.1. The second-order valence-corrected chi connectivity index (χ2v) is 6.15. The van der Waals surface area contributed by atoms with E-state index in [2.05, 4.69) is 0 Å². The molecule has 22 heavy (non-hydrogen) atoms. The average molecular weight is 318 g/mol. The lowest BCUT2D eigenvalue weighted by Crippen LogP contribution is -2.33. The molecule has 2 aromatic carbocycles. The zero-order chi connectivity index (χ0) is 15.7. The van der Waals surface area contributed by atoms with Crippen LogP contribution >= 0.6 is 11.6 Å². The second kappa shape index (κ2) is 6.16. The number of anilines is 2. The number of aliphatic hydroxyl groups is 1. The molecule has 2 aromatic rings. The Bertz CT molecular complexity index is 686. The molecule has 0 bridgehead atoms. The first-order valence-electron chi connectivity index (χ1n) is 7.41. The second-order valence-electron chi connectivity index (χ2n) is 5.77. The lowest BCUT2D eigenvalue weighted by molar-refractivity contribution is 0.282. The molecular weight excluding hydrogens is 298 g/mol. The minimum Gasteiger partial charge on any atom is -0.396 e. The number of hydrogen-bond acceptors (Lipinski definition) is 4. The average Bonchev–Trinajstić information content (AvgIpc) is 3.33. The van der Waals surface area contributed by atoms with Crippen molar-refractivity contribution in [2.75, 3.05) is 17.3 Å². The maximum absolute atomic E-state index is 9.49. The van der Waals surface area contributed by atoms with Gasteiger partial charge in [0.05, 0.1) is 23.0 Å². The van der Waals surface area contributed by atoms with Crippen molar-refractivity contribution in [2.24, 2.45) is 11.8 Å². The summed E-state index contributed by atoms with van der Waals surface area (Å²) >= 11 is 6.47. The van der Waals surface area contributed by atoms with Crippen LogP contribution in [0.25, 0.3) is 11.1 Å². The molecule has 5 heteroatoms. The van der Waals surface area contributed by atoms with Gasteiger partial charge in [-0.15, -0.1) is 0 Å². The van der Waals surface area contributed by atoms with Crippen LogP contribution in [-0.4, -0.2) is 11.7 Å². The SMILES string of the molecule is Nc1c(N(N)CC2CC2)ccc(-c2ccccc2CO)c1Cl. The third kappa shape index (κ3) is 2.90. The highest BCUT2D eigenvalue weighted by molar-refractivity contribution is 6.36. The quantitative estimate of drug-likeness (QED) is 0.450. The molecule has 3 rings (SSSR count). The Labute approximate surface area is 135 Å². The van der Waals surface area contributed by atoms with Crippen molar-refractivity contribution in [3.63, 3.8) is 0 Å². The monoisotopic (exact) mass is 317 g/mol. The van der Waals surface area contributed by atoms with Gasteiger partial charge in [-0.25, -0.2) is 5.84 Å². The van der Waals surface area contributed by atoms with Crippen molar-refractivity contribution in [1.29, 1.82) is 0 Å². The van der Waals surface area contributed by atoms with Gasteiger partial charge in [0.1, 0.15) is 0 Å². The zero-order valence-corrected chi connectivity index (χ0v) is 13.1. The van der Waals surface area contributed by atoms with E-state index >= 15 is 0 Å². The van der Waals surface area contributed by atoms with E-state index in [9.17, 15) is 5.11 Å². The highest BCUT2D eigenvalue weighted by Crippen LogP contribution is 2.40. The van der Waals surface area contributed by atoms with Crippen molar-refractivity contribution in [3.8, 4) is 11.1 Å². The molecule has 0 radical (unpaired) electrons. The summed E-state index contributed by atoms with van der Waals surface area (Å²) in [4.78, 5) is 0. The van der Waals surface area contributed by atoms with Gasteiger partial charge in [0, 0.05) is 12.1 Å². The first-order chi connectivity index (χ1) is 10.6. The van der Waals surface area contributed by atoms with Crippen molar-refractivity contribution in [1.82, 2.24) is 0 Å². The van der Waals surface area contributed by atoms with Crippen LogP contribution in [0.4, 0.5) is 11.4 Å². The zero-order valence-electron chi connectivity index (χ0n) is 12.3. The first-order valence-corrected chi connectivity index (χ1v) is 7.79. The summed E-state index contributed by atoms with van der Waals surface area (Å²) in [6.07, 6.45) is 2.45. The van der Waals surface area contributed by atoms with Crippen molar-refractivity contribution < 1.29 is 5.11 Å². The van der Waals surface area contributed by atoms with Crippen LogP contribution in [0.3, 0.4) is 0 Å². The van der Waals surface area contributed by atoms with E-state index in [0.717, 1.165) is 28.9 Å². The Morgan fingerprint density at radius 3 is 2.55 bits per heavy atom. The number of nitrogen functional groups attached to an aromatic ring is 1. The molecule has 5 N–H and O–H groups in total. The molecule has 116 valence electrons. The fraction of sp³-hybridized carbons (Fsp3) is 0.294. The van der Waals surface area contributed by atoms with E-state index in [4.69, 9.17) is 23.2 Å². The number of rotatable bonds is 5. The molecule has 0 atom stereocenters. The van der Waals surface area contributed by atoms with Gasteiger partial charge < -0.3 is 15.8 Å². The van der Waals surface area contributed by atoms with Gasteiger partial charge in [-0.05, 0) is 36.0 Å². The third-order valence-corrected chi connectivity index (χ3v) is 4.50. The third-order valence-electron chi connectivity index (χ3n) is 4.10. The van der Waals surface area contributed by atoms with Gasteiger partial charge in [-0.2, -0.15) is 0 Å². The maximum atomic E-state index is 9.49. The molecule has 1 aliphatic rings. The number of nitrogens with two attached hydrogens (primary N) is 2. The van der Waals surface area contributed by atoms with E-state index in [0.29, 0.717) is 16.6 Å². The van der Waals surface area contributed by atoms with Crippen LogP contribution < -0.4 is 16.6 Å². The van der Waals surface area contributed by atoms with Crippen molar-refractivity contribution in [3.05, 3.63) is 47.0 Å². The summed E-state index contributed by atoms with van der Waals surface area (Å²) in [5.41, 5.74) is 9.95. The highest BCUT2D eigenvalue weighted by Gasteiger charge is 2.25. The molecule has 1 aliphatic carbocycles. The lowest BCUT2D eigenvalue weighted by Gasteiger charge is -2.22. The van der Waals surface area contributed by atoms with Crippen LogP contribution in [0.2, 0.25) is 5.02 Å². The predicted octanol–water partition coefficient (Wildman–Crippen LogP) is 3.17. The Morgan fingerprint density at radius 2 is 1.86 bits per heavy atom. The number of hydrogen-bond donors (Lipinski definition) is 3. The summed E-state index contributed by atoms with van der Waals surface area (Å²) in [6.45, 7) is 0.756. The smallest absolute Gasteiger partial charge is 0.0762 e. The largest absolute Gasteiger partial charge is 0.396 e. The molecule has 0 saturated heterocycles. The van der Waals surface area contributed by atoms with Crippen LogP contribution in [0.1, 0.15) is 18.4 Å². The summed E-state index contributed by atoms with van der Waals surface area (Å²) in [7, 11) is 0. The van der Waals surface area contributed by atoms with Crippen molar-refractivity contribution >= 4 is 23.0 Å². The maximum Gasteiger partial charge on any atom is 0.0762 e. The minimum atomic E-state index is -0.0428. The van der Waals surface area contributed by atoms with Gasteiger partial charge in [0.25, 0.3) is 0 Å². The fourth-order valence-corrected chi connectivity index (χ4v) is 2.90. The van der Waals surface area contributed by atoms with Crippen LogP contribution in [0.15, 0.2) is 36.4 Å². The number of hydrazine groups is 1. The number of aliphatic hydroxyl groups excluding tert-OH is 1. The molecule has 0 spiro atoms. The van der Waals surface area contributed by atoms with Crippen LogP contribution in [-0.2, 0) is 6.61 Å². The molecule has 1 fully saturated rings. The molecule has 0 aromatic heterocycles.